The third-order valence-corrected chi connectivity index (χ3v) is 5.68. The Labute approximate surface area is 205 Å². The predicted molar refractivity (Wildman–Crippen MR) is 133 cm³/mol. The van der Waals surface area contributed by atoms with Crippen LogP contribution in [0.2, 0.25) is 5.02 Å². The quantitative estimate of drug-likeness (QED) is 0.635. The lowest BCUT2D eigenvalue weighted by atomic mass is 10.1. The SMILES string of the molecule is CC1C(=O)Nc2cc(C(=O)N(CCNC(=O)OC(C)(C)C)Cc3cccc(Cl)c3)ccc2N1C. The molecule has 9 heteroatoms. The number of rotatable bonds is 6. The second-order valence-corrected chi connectivity index (χ2v) is 9.73. The summed E-state index contributed by atoms with van der Waals surface area (Å²) in [4.78, 5) is 41.3. The first kappa shape index (κ1) is 25.4. The van der Waals surface area contributed by atoms with Crippen molar-refractivity contribution in [3.8, 4) is 0 Å². The average Bonchev–Trinajstić information content (AvgIpc) is 2.75. The van der Waals surface area contributed by atoms with Gasteiger partial charge in [-0.05, 0) is 63.6 Å². The fourth-order valence-corrected chi connectivity index (χ4v) is 3.81. The molecule has 0 bridgehead atoms. The predicted octanol–water partition coefficient (Wildman–Crippen LogP) is 4.28. The van der Waals surface area contributed by atoms with Crippen molar-refractivity contribution in [2.75, 3.05) is 30.4 Å². The number of nitrogens with one attached hydrogen (secondary N) is 2. The molecule has 0 aromatic heterocycles. The first-order chi connectivity index (χ1) is 15.9. The van der Waals surface area contributed by atoms with Crippen molar-refractivity contribution in [1.82, 2.24) is 10.2 Å². The van der Waals surface area contributed by atoms with Crippen LogP contribution in [0.15, 0.2) is 42.5 Å². The van der Waals surface area contributed by atoms with E-state index in [1.54, 1.807) is 49.9 Å². The van der Waals surface area contributed by atoms with Crippen molar-refractivity contribution >= 4 is 40.9 Å². The smallest absolute Gasteiger partial charge is 0.407 e. The Balaban J connectivity index is 1.79. The lowest BCUT2D eigenvalue weighted by molar-refractivity contribution is -0.117. The van der Waals surface area contributed by atoms with Crippen molar-refractivity contribution in [2.45, 2.75) is 45.9 Å². The van der Waals surface area contributed by atoms with Crippen LogP contribution < -0.4 is 15.5 Å². The van der Waals surface area contributed by atoms with Crippen LogP contribution in [0.1, 0.15) is 43.6 Å². The summed E-state index contributed by atoms with van der Waals surface area (Å²) in [5, 5.41) is 6.14. The second-order valence-electron chi connectivity index (χ2n) is 9.29. The molecule has 0 saturated heterocycles. The minimum Gasteiger partial charge on any atom is -0.444 e. The molecule has 0 fully saturated rings. The Morgan fingerprint density at radius 3 is 2.62 bits per heavy atom. The van der Waals surface area contributed by atoms with Crippen molar-refractivity contribution in [1.29, 1.82) is 0 Å². The van der Waals surface area contributed by atoms with Crippen LogP contribution >= 0.6 is 11.6 Å². The van der Waals surface area contributed by atoms with E-state index in [1.807, 2.05) is 37.1 Å². The topological polar surface area (TPSA) is 91.0 Å². The summed E-state index contributed by atoms with van der Waals surface area (Å²) >= 11 is 6.13. The molecule has 1 aliphatic heterocycles. The number of amides is 3. The van der Waals surface area contributed by atoms with Crippen molar-refractivity contribution < 1.29 is 19.1 Å². The molecule has 34 heavy (non-hydrogen) atoms. The van der Waals surface area contributed by atoms with Gasteiger partial charge in [-0.1, -0.05) is 23.7 Å². The van der Waals surface area contributed by atoms with E-state index in [2.05, 4.69) is 10.6 Å². The standard InChI is InChI=1S/C25H31ClN4O4/c1-16-22(31)28-20-14-18(9-10-21(20)29(16)5)23(32)30(15-17-7-6-8-19(26)13-17)12-11-27-24(33)34-25(2,3)4/h6-10,13-14,16H,11-12,15H2,1-5H3,(H,27,33)(H,28,31). The summed E-state index contributed by atoms with van der Waals surface area (Å²) < 4.78 is 5.27. The van der Waals surface area contributed by atoms with Gasteiger partial charge in [-0.15, -0.1) is 0 Å². The molecule has 0 radical (unpaired) electrons. The highest BCUT2D eigenvalue weighted by molar-refractivity contribution is 6.30. The highest BCUT2D eigenvalue weighted by Gasteiger charge is 2.28. The van der Waals surface area contributed by atoms with Crippen LogP contribution in [-0.2, 0) is 16.1 Å². The number of alkyl carbamates (subject to hydrolysis) is 1. The van der Waals surface area contributed by atoms with E-state index in [-0.39, 0.29) is 30.9 Å². The summed E-state index contributed by atoms with van der Waals surface area (Å²) in [6.07, 6.45) is -0.545. The van der Waals surface area contributed by atoms with Crippen LogP contribution in [0.4, 0.5) is 16.2 Å². The highest BCUT2D eigenvalue weighted by Crippen LogP contribution is 2.32. The largest absolute Gasteiger partial charge is 0.444 e. The van der Waals surface area contributed by atoms with Crippen LogP contribution in [0.25, 0.3) is 0 Å². The number of carbonyl (C=O) groups is 3. The monoisotopic (exact) mass is 486 g/mol. The Morgan fingerprint density at radius 2 is 1.94 bits per heavy atom. The summed E-state index contributed by atoms with van der Waals surface area (Å²) in [5.74, 6) is -0.360. The van der Waals surface area contributed by atoms with Crippen LogP contribution in [0.5, 0.6) is 0 Å². The maximum absolute atomic E-state index is 13.5. The van der Waals surface area contributed by atoms with E-state index >= 15 is 0 Å². The average molecular weight is 487 g/mol. The van der Waals surface area contributed by atoms with Gasteiger partial charge in [-0.25, -0.2) is 4.79 Å². The number of ether oxygens (including phenoxy) is 1. The van der Waals surface area contributed by atoms with Gasteiger partial charge in [0.15, 0.2) is 0 Å². The Kier molecular flexibility index (Phi) is 7.71. The maximum Gasteiger partial charge on any atom is 0.407 e. The first-order valence-corrected chi connectivity index (χ1v) is 11.5. The number of carbonyl (C=O) groups excluding carboxylic acids is 3. The number of hydrogen-bond donors (Lipinski definition) is 2. The molecule has 3 amide bonds. The minimum absolute atomic E-state index is 0.128. The molecule has 8 nitrogen and oxygen atoms in total. The molecule has 1 heterocycles. The van der Waals surface area contributed by atoms with Gasteiger partial charge >= 0.3 is 6.09 Å². The van der Waals surface area contributed by atoms with Gasteiger partial charge in [0.1, 0.15) is 11.6 Å². The Morgan fingerprint density at radius 1 is 1.21 bits per heavy atom. The van der Waals surface area contributed by atoms with E-state index in [4.69, 9.17) is 16.3 Å². The van der Waals surface area contributed by atoms with Gasteiger partial charge in [0.25, 0.3) is 5.91 Å². The zero-order valence-electron chi connectivity index (χ0n) is 20.1. The van der Waals surface area contributed by atoms with E-state index in [0.29, 0.717) is 22.8 Å². The number of fused-ring (bicyclic) bond motifs is 1. The third-order valence-electron chi connectivity index (χ3n) is 5.44. The highest BCUT2D eigenvalue weighted by atomic mass is 35.5. The van der Waals surface area contributed by atoms with E-state index in [0.717, 1.165) is 11.3 Å². The maximum atomic E-state index is 13.5. The van der Waals surface area contributed by atoms with Gasteiger partial charge in [-0.2, -0.15) is 0 Å². The zero-order valence-corrected chi connectivity index (χ0v) is 20.9. The Bertz CT molecular complexity index is 1080. The fraction of sp³-hybridized carbons (Fsp3) is 0.400. The number of hydrogen-bond acceptors (Lipinski definition) is 5. The van der Waals surface area contributed by atoms with E-state index < -0.39 is 11.7 Å². The Hall–Kier alpha value is -3.26. The van der Waals surface area contributed by atoms with Gasteiger partial charge in [0.2, 0.25) is 5.91 Å². The van der Waals surface area contributed by atoms with E-state index in [9.17, 15) is 14.4 Å². The van der Waals surface area contributed by atoms with Gasteiger partial charge in [0.05, 0.1) is 11.4 Å². The van der Waals surface area contributed by atoms with Gasteiger partial charge < -0.3 is 25.2 Å². The molecule has 3 rings (SSSR count). The molecule has 0 saturated carbocycles. The van der Waals surface area contributed by atoms with Crippen LogP contribution in [0.3, 0.4) is 0 Å². The minimum atomic E-state index is -0.612. The molecule has 0 spiro atoms. The number of benzene rings is 2. The van der Waals surface area contributed by atoms with Crippen LogP contribution in [-0.4, -0.2) is 54.6 Å². The first-order valence-electron chi connectivity index (χ1n) is 11.1. The molecule has 1 unspecified atom stereocenters. The molecular weight excluding hydrogens is 456 g/mol. The lowest BCUT2D eigenvalue weighted by Gasteiger charge is -2.33. The number of halogens is 1. The second kappa shape index (κ2) is 10.3. The summed E-state index contributed by atoms with van der Waals surface area (Å²) in [6.45, 7) is 7.95. The van der Waals surface area contributed by atoms with Crippen molar-refractivity contribution in [3.63, 3.8) is 0 Å². The van der Waals surface area contributed by atoms with Crippen molar-refractivity contribution in [3.05, 3.63) is 58.6 Å². The third kappa shape index (κ3) is 6.41. The molecule has 2 aromatic rings. The van der Waals surface area contributed by atoms with Gasteiger partial charge in [0, 0.05) is 37.3 Å². The molecule has 1 aliphatic rings. The summed E-state index contributed by atoms with van der Waals surface area (Å²) in [5.41, 5.74) is 2.11. The molecule has 2 aromatic carbocycles. The van der Waals surface area contributed by atoms with E-state index in [1.165, 1.54) is 0 Å². The molecule has 1 atom stereocenters. The lowest BCUT2D eigenvalue weighted by Crippen LogP contribution is -2.44. The summed E-state index contributed by atoms with van der Waals surface area (Å²) in [6, 6.07) is 12.2. The van der Waals surface area contributed by atoms with Crippen molar-refractivity contribution in [2.24, 2.45) is 0 Å². The molecule has 182 valence electrons. The number of nitrogens with zero attached hydrogens (tertiary/aromatic N) is 2. The normalized spacial score (nSPS) is 15.3. The molecular formula is C25H31ClN4O4. The van der Waals surface area contributed by atoms with Crippen LogP contribution in [0, 0.1) is 0 Å². The number of likely N-dealkylation sites (N-methyl/N-ethyl adjacent to an activating group) is 1. The van der Waals surface area contributed by atoms with Gasteiger partial charge in [-0.3, -0.25) is 9.59 Å². The fourth-order valence-electron chi connectivity index (χ4n) is 3.60. The zero-order chi connectivity index (χ0) is 25.0. The summed E-state index contributed by atoms with van der Waals surface area (Å²) in [7, 11) is 1.84. The molecule has 2 N–H and O–H groups in total. The number of anilines is 2. The molecule has 0 aliphatic carbocycles.